The van der Waals surface area contributed by atoms with Crippen molar-refractivity contribution in [3.63, 3.8) is 0 Å². The summed E-state index contributed by atoms with van der Waals surface area (Å²) < 4.78 is 19.1. The number of hydrogen-bond donors (Lipinski definition) is 2. The van der Waals surface area contributed by atoms with E-state index in [4.69, 9.17) is 14.2 Å². The van der Waals surface area contributed by atoms with Crippen LogP contribution in [0.15, 0.2) is 11.6 Å². The molecule has 1 saturated heterocycles. The average molecular weight is 588 g/mol. The minimum Gasteiger partial charge on any atom is -0.481 e. The number of hydrogen-bond acceptors (Lipinski definition) is 6. The van der Waals surface area contributed by atoms with Crippen LogP contribution in [0.25, 0.3) is 0 Å². The molecule has 1 unspecified atom stereocenters. The summed E-state index contributed by atoms with van der Waals surface area (Å²) in [4.78, 5) is 25.7. The van der Waals surface area contributed by atoms with Gasteiger partial charge < -0.3 is 24.6 Å². The Morgan fingerprint density at radius 2 is 1.81 bits per heavy atom. The van der Waals surface area contributed by atoms with Crippen molar-refractivity contribution in [3.05, 3.63) is 11.6 Å². The van der Waals surface area contributed by atoms with E-state index in [-0.39, 0.29) is 45.3 Å². The van der Waals surface area contributed by atoms with Crippen LogP contribution in [0.1, 0.15) is 93.9 Å². The summed E-state index contributed by atoms with van der Waals surface area (Å²) in [6.07, 6.45) is 7.44. The van der Waals surface area contributed by atoms with Crippen molar-refractivity contribution in [1.29, 1.82) is 0 Å². The number of aliphatic carboxylic acids is 1. The Morgan fingerprint density at radius 3 is 2.43 bits per heavy atom. The SMILES string of the molecule is CNCCO[C@H]1[C@H](OC(C)=O)C[C@@]23COC[C@@]1(C)C2CC[C@H]1C3=CC[C@@]2(C)[C@H](C(=O)O)[C@@](C)([C@H](C)C(C)C)CC[C@]12C. The summed E-state index contributed by atoms with van der Waals surface area (Å²) in [7, 11) is 1.92. The third kappa shape index (κ3) is 4.37. The maximum absolute atomic E-state index is 13.3. The van der Waals surface area contributed by atoms with E-state index in [0.717, 1.165) is 38.6 Å². The molecule has 0 radical (unpaired) electrons. The molecule has 0 aromatic rings. The lowest BCUT2D eigenvalue weighted by molar-refractivity contribution is -0.266. The van der Waals surface area contributed by atoms with E-state index in [2.05, 4.69) is 59.9 Å². The Hall–Kier alpha value is -1.44. The lowest BCUT2D eigenvalue weighted by Crippen LogP contribution is -2.70. The Kier molecular flexibility index (Phi) is 8.27. The van der Waals surface area contributed by atoms with Crippen LogP contribution >= 0.6 is 0 Å². The number of nitrogens with one attached hydrogen (secondary N) is 1. The van der Waals surface area contributed by atoms with Crippen molar-refractivity contribution in [2.75, 3.05) is 33.4 Å². The highest BCUT2D eigenvalue weighted by atomic mass is 16.6. The van der Waals surface area contributed by atoms with Crippen molar-refractivity contribution in [2.45, 2.75) is 106 Å². The monoisotopic (exact) mass is 587 g/mol. The van der Waals surface area contributed by atoms with Gasteiger partial charge in [0.15, 0.2) is 0 Å². The summed E-state index contributed by atoms with van der Waals surface area (Å²) in [5.41, 5.74) is 0.202. The molecular weight excluding hydrogens is 530 g/mol. The summed E-state index contributed by atoms with van der Waals surface area (Å²) in [5.74, 6) is 0.0883. The second-order valence-electron chi connectivity index (χ2n) is 16.1. The fourth-order valence-electron chi connectivity index (χ4n) is 11.5. The molecular formula is C35H57NO6. The topological polar surface area (TPSA) is 94.1 Å². The van der Waals surface area contributed by atoms with Gasteiger partial charge in [-0.15, -0.1) is 0 Å². The highest BCUT2D eigenvalue weighted by Crippen LogP contribution is 2.75. The molecule has 5 rings (SSSR count). The molecule has 0 amide bonds. The first-order valence-electron chi connectivity index (χ1n) is 16.6. The molecule has 3 saturated carbocycles. The highest BCUT2D eigenvalue weighted by Gasteiger charge is 2.72. The van der Waals surface area contributed by atoms with Crippen LogP contribution in [0.4, 0.5) is 0 Å². The number of ether oxygens (including phenoxy) is 3. The number of likely N-dealkylation sites (N-methyl/N-ethyl adjacent to an activating group) is 1. The fourth-order valence-corrected chi connectivity index (χ4v) is 11.5. The first-order valence-corrected chi connectivity index (χ1v) is 16.6. The van der Waals surface area contributed by atoms with Gasteiger partial charge in [-0.25, -0.2) is 0 Å². The van der Waals surface area contributed by atoms with Crippen LogP contribution < -0.4 is 5.32 Å². The summed E-state index contributed by atoms with van der Waals surface area (Å²) in [5, 5.41) is 14.1. The molecule has 42 heavy (non-hydrogen) atoms. The highest BCUT2D eigenvalue weighted by molar-refractivity contribution is 5.73. The number of carboxylic acids is 1. The molecule has 11 atom stereocenters. The number of esters is 1. The van der Waals surface area contributed by atoms with E-state index in [1.165, 1.54) is 12.5 Å². The van der Waals surface area contributed by atoms with Gasteiger partial charge in [-0.05, 0) is 85.5 Å². The summed E-state index contributed by atoms with van der Waals surface area (Å²) in [6.45, 7) is 20.0. The smallest absolute Gasteiger partial charge is 0.307 e. The second-order valence-corrected chi connectivity index (χ2v) is 16.1. The molecule has 7 nitrogen and oxygen atoms in total. The van der Waals surface area contributed by atoms with E-state index in [1.807, 2.05) is 7.05 Å². The lowest BCUT2D eigenvalue weighted by atomic mass is 9.34. The number of rotatable bonds is 8. The van der Waals surface area contributed by atoms with Gasteiger partial charge in [0.2, 0.25) is 0 Å². The number of carboxylic acid groups (broad SMARTS) is 1. The van der Waals surface area contributed by atoms with Gasteiger partial charge in [-0.3, -0.25) is 9.59 Å². The summed E-state index contributed by atoms with van der Waals surface area (Å²) in [6, 6.07) is 0. The molecule has 1 aliphatic heterocycles. The molecule has 7 heteroatoms. The predicted octanol–water partition coefficient (Wildman–Crippen LogP) is 6.11. The van der Waals surface area contributed by atoms with Gasteiger partial charge >= 0.3 is 11.9 Å². The van der Waals surface area contributed by atoms with Crippen molar-refractivity contribution >= 4 is 11.9 Å². The van der Waals surface area contributed by atoms with E-state index in [1.54, 1.807) is 0 Å². The summed E-state index contributed by atoms with van der Waals surface area (Å²) >= 11 is 0. The molecule has 4 aliphatic carbocycles. The van der Waals surface area contributed by atoms with Crippen LogP contribution in [0.2, 0.25) is 0 Å². The normalized spacial score (nSPS) is 47.0. The Bertz CT molecular complexity index is 1110. The average Bonchev–Trinajstić information content (AvgIpc) is 2.90. The van der Waals surface area contributed by atoms with E-state index >= 15 is 0 Å². The van der Waals surface area contributed by atoms with E-state index < -0.39 is 11.9 Å². The van der Waals surface area contributed by atoms with Gasteiger partial charge in [0.1, 0.15) is 12.2 Å². The molecule has 2 N–H and O–H groups in total. The first-order chi connectivity index (χ1) is 19.6. The number of allylic oxidation sites excluding steroid dienone is 1. The quantitative estimate of drug-likeness (QED) is 0.201. The predicted molar refractivity (Wildman–Crippen MR) is 163 cm³/mol. The minimum atomic E-state index is -0.634. The second kappa shape index (κ2) is 10.9. The van der Waals surface area contributed by atoms with Gasteiger partial charge in [-0.2, -0.15) is 0 Å². The van der Waals surface area contributed by atoms with E-state index in [0.29, 0.717) is 49.9 Å². The number of carbonyl (C=O) groups is 2. The first kappa shape index (κ1) is 32.0. The van der Waals surface area contributed by atoms with Crippen molar-refractivity contribution in [1.82, 2.24) is 5.32 Å². The standard InChI is InChI=1S/C35H57NO6/c1-21(2)22(3)31(5)14-15-33(7)24-10-11-27-32(6)19-40-20-35(27,25(24)12-13-34(33,8)28(31)30(38)39)18-26(42-23(4)37)29(32)41-17-16-36-9/h12,21-22,24,26-29,36H,10-11,13-20H2,1-9H3,(H,38,39)/t22-,24+,26-,27?,28-,29+,31-,32+,33-,34+,35+/m1/s1. The number of fused-ring (bicyclic) bond motifs is 3. The largest absolute Gasteiger partial charge is 0.481 e. The lowest BCUT2D eigenvalue weighted by Gasteiger charge is -2.71. The molecule has 0 aromatic carbocycles. The van der Waals surface area contributed by atoms with Gasteiger partial charge in [0, 0.05) is 24.3 Å². The van der Waals surface area contributed by atoms with E-state index in [9.17, 15) is 14.7 Å². The Labute approximate surface area is 253 Å². The molecule has 0 spiro atoms. The number of carbonyl (C=O) groups excluding carboxylic acids is 1. The molecule has 2 bridgehead atoms. The zero-order valence-corrected chi connectivity index (χ0v) is 27.7. The molecule has 0 aromatic heterocycles. The molecule has 238 valence electrons. The van der Waals surface area contributed by atoms with Crippen LogP contribution in [-0.4, -0.2) is 62.7 Å². The van der Waals surface area contributed by atoms with Crippen molar-refractivity contribution in [3.8, 4) is 0 Å². The molecule has 5 aliphatic rings. The minimum absolute atomic E-state index is 0.138. The van der Waals surface area contributed by atoms with Gasteiger partial charge in [-0.1, -0.05) is 60.1 Å². The zero-order chi connectivity index (χ0) is 30.9. The zero-order valence-electron chi connectivity index (χ0n) is 27.7. The Morgan fingerprint density at radius 1 is 1.10 bits per heavy atom. The van der Waals surface area contributed by atoms with Crippen LogP contribution in [0.3, 0.4) is 0 Å². The maximum atomic E-state index is 13.3. The van der Waals surface area contributed by atoms with Gasteiger partial charge in [0.05, 0.1) is 25.7 Å². The maximum Gasteiger partial charge on any atom is 0.307 e. The van der Waals surface area contributed by atoms with Crippen LogP contribution in [-0.2, 0) is 23.8 Å². The van der Waals surface area contributed by atoms with Crippen molar-refractivity contribution in [2.24, 2.45) is 56.7 Å². The fraction of sp³-hybridized carbons (Fsp3) is 0.886. The van der Waals surface area contributed by atoms with Crippen LogP contribution in [0.5, 0.6) is 0 Å². The van der Waals surface area contributed by atoms with Crippen molar-refractivity contribution < 1.29 is 28.9 Å². The van der Waals surface area contributed by atoms with Crippen LogP contribution in [0, 0.1) is 56.7 Å². The molecule has 1 heterocycles. The van der Waals surface area contributed by atoms with Gasteiger partial charge in [0.25, 0.3) is 0 Å². The third-order valence-electron chi connectivity index (χ3n) is 14.0. The Balaban J connectivity index is 1.59. The third-order valence-corrected chi connectivity index (χ3v) is 14.0. The molecule has 4 fully saturated rings.